The van der Waals surface area contributed by atoms with Gasteiger partial charge in [-0.2, -0.15) is 4.40 Å². The van der Waals surface area contributed by atoms with Gasteiger partial charge in [0.2, 0.25) is 0 Å². The predicted molar refractivity (Wildman–Crippen MR) is 96.1 cm³/mol. The van der Waals surface area contributed by atoms with Crippen molar-refractivity contribution in [1.29, 1.82) is 0 Å². The summed E-state index contributed by atoms with van der Waals surface area (Å²) < 4.78 is 21.5. The van der Waals surface area contributed by atoms with Gasteiger partial charge in [0.1, 0.15) is 16.6 Å². The van der Waals surface area contributed by atoms with Crippen LogP contribution in [0.4, 0.5) is 4.79 Å². The number of amides is 1. The molecule has 0 aromatic carbocycles. The average molecular weight is 345 g/mol. The van der Waals surface area contributed by atoms with E-state index in [-0.39, 0.29) is 28.2 Å². The van der Waals surface area contributed by atoms with Gasteiger partial charge in [0.15, 0.2) is 0 Å². The molecule has 6 heteroatoms. The van der Waals surface area contributed by atoms with E-state index >= 15 is 0 Å². The lowest BCUT2D eigenvalue weighted by atomic mass is 9.57. The number of hydrogen-bond donors (Lipinski definition) is 1. The maximum atomic E-state index is 12.2. The summed E-state index contributed by atoms with van der Waals surface area (Å²) in [6, 6.07) is 0.0376. The highest BCUT2D eigenvalue weighted by molar-refractivity contribution is 7.85. The van der Waals surface area contributed by atoms with E-state index < -0.39 is 16.6 Å². The molecule has 0 unspecified atom stereocenters. The Balaban J connectivity index is 2.70. The van der Waals surface area contributed by atoms with Crippen LogP contribution >= 0.6 is 0 Å². The van der Waals surface area contributed by atoms with E-state index in [0.717, 1.165) is 12.1 Å². The number of carbonyl (C=O) groups is 1. The molecular weight excluding hydrogens is 312 g/mol. The quantitative estimate of drug-likeness (QED) is 0.791. The Morgan fingerprint density at radius 2 is 1.74 bits per heavy atom. The standard InChI is InChI=1S/C17H32N2O3S/c1-11(19-23(21)16(5,6)7)12-10-13(17(12,8)9)18-14(20)22-15(2,3)4/h12-13H,10H2,1-9H3,(H,18,20)/b19-11+/t12-,13-,23+/m1/s1. The second kappa shape index (κ2) is 6.54. The molecule has 1 fully saturated rings. The molecule has 1 aliphatic carbocycles. The zero-order valence-corrected chi connectivity index (χ0v) is 16.8. The molecule has 1 rings (SSSR count). The third kappa shape index (κ3) is 5.30. The molecule has 3 atom stereocenters. The highest BCUT2D eigenvalue weighted by Crippen LogP contribution is 2.47. The fourth-order valence-electron chi connectivity index (χ4n) is 2.66. The van der Waals surface area contributed by atoms with E-state index in [1.807, 2.05) is 48.5 Å². The van der Waals surface area contributed by atoms with E-state index in [1.165, 1.54) is 0 Å². The largest absolute Gasteiger partial charge is 0.444 e. The normalized spacial score (nSPS) is 26.2. The molecule has 1 aliphatic rings. The molecule has 0 spiro atoms. The third-order valence-corrected chi connectivity index (χ3v) is 5.72. The molecule has 0 bridgehead atoms. The van der Waals surface area contributed by atoms with Gasteiger partial charge in [-0.3, -0.25) is 0 Å². The number of ether oxygens (including phenoxy) is 1. The van der Waals surface area contributed by atoms with E-state index in [9.17, 15) is 9.00 Å². The second-order valence-corrected chi connectivity index (χ2v) is 10.8. The molecule has 23 heavy (non-hydrogen) atoms. The molecule has 0 aliphatic heterocycles. The monoisotopic (exact) mass is 344 g/mol. The molecule has 1 saturated carbocycles. The number of hydrogen-bond acceptors (Lipinski definition) is 3. The summed E-state index contributed by atoms with van der Waals surface area (Å²) in [5.74, 6) is 0.216. The molecule has 0 aromatic rings. The second-order valence-electron chi connectivity index (χ2n) is 8.90. The van der Waals surface area contributed by atoms with Crippen molar-refractivity contribution in [3.05, 3.63) is 0 Å². The Hall–Kier alpha value is -0.910. The highest BCUT2D eigenvalue weighted by Gasteiger charge is 2.50. The van der Waals surface area contributed by atoms with Crippen LogP contribution < -0.4 is 5.32 Å². The summed E-state index contributed by atoms with van der Waals surface area (Å²) in [4.78, 5) is 11.9. The van der Waals surface area contributed by atoms with Crippen molar-refractivity contribution in [3.8, 4) is 0 Å². The van der Waals surface area contributed by atoms with Crippen molar-refractivity contribution in [2.45, 2.75) is 85.1 Å². The van der Waals surface area contributed by atoms with Crippen LogP contribution in [-0.2, 0) is 15.7 Å². The molecule has 134 valence electrons. The molecule has 5 nitrogen and oxygen atoms in total. The Bertz CT molecular complexity index is 513. The van der Waals surface area contributed by atoms with Crippen molar-refractivity contribution in [2.75, 3.05) is 0 Å². The number of nitrogens with one attached hydrogen (secondary N) is 1. The molecule has 1 N–H and O–H groups in total. The first-order valence-corrected chi connectivity index (χ1v) is 9.22. The van der Waals surface area contributed by atoms with Crippen LogP contribution in [0.3, 0.4) is 0 Å². The Morgan fingerprint density at radius 3 is 2.13 bits per heavy atom. The predicted octanol–water partition coefficient (Wildman–Crippen LogP) is 3.85. The van der Waals surface area contributed by atoms with E-state index in [2.05, 4.69) is 23.6 Å². The fourth-order valence-corrected chi connectivity index (χ4v) is 3.32. The third-order valence-electron chi connectivity index (χ3n) is 4.21. The number of alkyl carbamates (subject to hydrolysis) is 1. The lowest BCUT2D eigenvalue weighted by Gasteiger charge is -2.52. The molecule has 1 amide bonds. The summed E-state index contributed by atoms with van der Waals surface area (Å²) in [7, 11) is -1.25. The molecular formula is C17H32N2O3S. The maximum absolute atomic E-state index is 12.2. The van der Waals surface area contributed by atoms with Gasteiger partial charge in [-0.05, 0) is 60.3 Å². The Kier molecular flexibility index (Phi) is 5.72. The van der Waals surface area contributed by atoms with Crippen LogP contribution in [0, 0.1) is 11.3 Å². The SMILES string of the molecule is C/C(=N\[S@@](=O)C(C)(C)C)[C@H]1C[C@@H](NC(=O)OC(C)(C)C)C1(C)C. The van der Waals surface area contributed by atoms with Gasteiger partial charge >= 0.3 is 6.09 Å². The summed E-state index contributed by atoms with van der Waals surface area (Å²) in [5.41, 5.74) is 0.260. The zero-order chi connectivity index (χ0) is 18.2. The Labute approximate surface area is 143 Å². The molecule has 0 saturated heterocycles. The van der Waals surface area contributed by atoms with Crippen LogP contribution in [-0.4, -0.2) is 32.4 Å². The molecule has 0 heterocycles. The average Bonchev–Trinajstić information content (AvgIpc) is 2.30. The first-order valence-electron chi connectivity index (χ1n) is 8.11. The minimum atomic E-state index is -1.25. The lowest BCUT2D eigenvalue weighted by molar-refractivity contribution is 0.0208. The van der Waals surface area contributed by atoms with E-state index in [0.29, 0.717) is 0 Å². The van der Waals surface area contributed by atoms with Gasteiger partial charge in [0.05, 0.1) is 4.75 Å². The minimum Gasteiger partial charge on any atom is -0.444 e. The summed E-state index contributed by atoms with van der Waals surface area (Å²) in [5, 5.41) is 2.94. The van der Waals surface area contributed by atoms with Gasteiger partial charge in [0, 0.05) is 17.7 Å². The Morgan fingerprint density at radius 1 is 1.22 bits per heavy atom. The van der Waals surface area contributed by atoms with Gasteiger partial charge in [-0.25, -0.2) is 9.00 Å². The lowest BCUT2D eigenvalue weighted by Crippen LogP contribution is -2.60. The van der Waals surface area contributed by atoms with E-state index in [1.54, 1.807) is 0 Å². The van der Waals surface area contributed by atoms with Gasteiger partial charge in [-0.1, -0.05) is 13.8 Å². The van der Waals surface area contributed by atoms with Gasteiger partial charge in [0.25, 0.3) is 0 Å². The van der Waals surface area contributed by atoms with Crippen LogP contribution in [0.5, 0.6) is 0 Å². The van der Waals surface area contributed by atoms with Crippen molar-refractivity contribution >= 4 is 22.8 Å². The maximum Gasteiger partial charge on any atom is 0.407 e. The van der Waals surface area contributed by atoms with Gasteiger partial charge in [-0.15, -0.1) is 0 Å². The van der Waals surface area contributed by atoms with Crippen molar-refractivity contribution in [2.24, 2.45) is 15.7 Å². The van der Waals surface area contributed by atoms with Crippen LogP contribution in [0.1, 0.15) is 68.7 Å². The van der Waals surface area contributed by atoms with Crippen molar-refractivity contribution in [3.63, 3.8) is 0 Å². The highest BCUT2D eigenvalue weighted by atomic mass is 32.2. The van der Waals surface area contributed by atoms with Gasteiger partial charge < -0.3 is 10.1 Å². The summed E-state index contributed by atoms with van der Waals surface area (Å²) in [6.45, 7) is 17.4. The molecule has 0 aromatic heterocycles. The number of carbonyl (C=O) groups excluding carboxylic acids is 1. The first-order chi connectivity index (χ1) is 10.1. The topological polar surface area (TPSA) is 67.8 Å². The van der Waals surface area contributed by atoms with Crippen molar-refractivity contribution < 1.29 is 13.7 Å². The fraction of sp³-hybridized carbons (Fsp3) is 0.882. The van der Waals surface area contributed by atoms with E-state index in [4.69, 9.17) is 4.74 Å². The zero-order valence-electron chi connectivity index (χ0n) is 15.9. The van der Waals surface area contributed by atoms with Crippen LogP contribution in [0.2, 0.25) is 0 Å². The smallest absolute Gasteiger partial charge is 0.407 e. The number of nitrogens with zero attached hydrogens (tertiary/aromatic N) is 1. The summed E-state index contributed by atoms with van der Waals surface area (Å²) in [6.07, 6.45) is 0.407. The first kappa shape index (κ1) is 20.1. The van der Waals surface area contributed by atoms with Crippen LogP contribution in [0.15, 0.2) is 4.40 Å². The van der Waals surface area contributed by atoms with Crippen LogP contribution in [0.25, 0.3) is 0 Å². The summed E-state index contributed by atoms with van der Waals surface area (Å²) >= 11 is 0. The van der Waals surface area contributed by atoms with Crippen molar-refractivity contribution in [1.82, 2.24) is 5.32 Å². The minimum absolute atomic E-state index is 0.0376. The molecule has 0 radical (unpaired) electrons. The number of rotatable bonds is 3.